The van der Waals surface area contributed by atoms with Gasteiger partial charge >= 0.3 is 0 Å². The van der Waals surface area contributed by atoms with Gasteiger partial charge in [-0.1, -0.05) is 0 Å². The molecule has 1 heterocycles. The number of alkyl halides is 2. The van der Waals surface area contributed by atoms with Crippen molar-refractivity contribution in [1.29, 1.82) is 0 Å². The third-order valence-electron chi connectivity index (χ3n) is 1.71. The molecule has 74 valence electrons. The molecular weight excluding hydrogens is 176 g/mol. The molecule has 3 nitrogen and oxygen atoms in total. The Balaban J connectivity index is 2.36. The monoisotopic (exact) mass is 189 g/mol. The lowest BCUT2D eigenvalue weighted by Crippen LogP contribution is -2.22. The predicted molar refractivity (Wildman–Crippen MR) is 45.6 cm³/mol. The number of hydrogen-bond acceptors (Lipinski definition) is 2. The Kier molecular flexibility index (Phi) is 3.82. The first-order valence-corrected chi connectivity index (χ1v) is 4.23. The van der Waals surface area contributed by atoms with Crippen molar-refractivity contribution in [3.63, 3.8) is 0 Å². The molecule has 1 aromatic rings. The van der Waals surface area contributed by atoms with Crippen LogP contribution in [0.25, 0.3) is 0 Å². The topological polar surface area (TPSA) is 29.9 Å². The normalized spacial score (nSPS) is 11.1. The zero-order valence-corrected chi connectivity index (χ0v) is 7.50. The molecule has 1 N–H and O–H groups in total. The third kappa shape index (κ3) is 3.10. The predicted octanol–water partition coefficient (Wildman–Crippen LogP) is 1.26. The second-order valence-corrected chi connectivity index (χ2v) is 2.66. The van der Waals surface area contributed by atoms with Gasteiger partial charge in [0.1, 0.15) is 0 Å². The average Bonchev–Trinajstić information content (AvgIpc) is 2.51. The van der Waals surface area contributed by atoms with E-state index in [2.05, 4.69) is 10.4 Å². The molecule has 0 bridgehead atoms. The van der Waals surface area contributed by atoms with Crippen LogP contribution in [0.4, 0.5) is 8.78 Å². The van der Waals surface area contributed by atoms with Gasteiger partial charge in [0, 0.05) is 19.3 Å². The first-order valence-electron chi connectivity index (χ1n) is 4.23. The number of aromatic nitrogens is 2. The van der Waals surface area contributed by atoms with Crippen molar-refractivity contribution in [3.05, 3.63) is 18.0 Å². The molecule has 0 aliphatic rings. The van der Waals surface area contributed by atoms with Crippen LogP contribution in [-0.2, 0) is 13.1 Å². The molecular formula is C8H13F2N3. The van der Waals surface area contributed by atoms with Crippen molar-refractivity contribution in [3.8, 4) is 0 Å². The SMILES string of the molecule is CCn1nccc1CNCC(F)F. The van der Waals surface area contributed by atoms with E-state index in [1.165, 1.54) is 0 Å². The Hall–Kier alpha value is -0.970. The van der Waals surface area contributed by atoms with E-state index < -0.39 is 6.43 Å². The Morgan fingerprint density at radius 2 is 2.38 bits per heavy atom. The van der Waals surface area contributed by atoms with Crippen LogP contribution >= 0.6 is 0 Å². The molecule has 0 amide bonds. The lowest BCUT2D eigenvalue weighted by Gasteiger charge is -2.05. The number of hydrogen-bond donors (Lipinski definition) is 1. The quantitative estimate of drug-likeness (QED) is 0.755. The molecule has 0 saturated carbocycles. The second-order valence-electron chi connectivity index (χ2n) is 2.66. The fourth-order valence-electron chi connectivity index (χ4n) is 1.10. The molecule has 0 fully saturated rings. The highest BCUT2D eigenvalue weighted by molar-refractivity contribution is 4.99. The number of nitrogens with zero attached hydrogens (tertiary/aromatic N) is 2. The van der Waals surface area contributed by atoms with Crippen LogP contribution in [0.2, 0.25) is 0 Å². The van der Waals surface area contributed by atoms with E-state index in [9.17, 15) is 8.78 Å². The van der Waals surface area contributed by atoms with Crippen molar-refractivity contribution in [2.24, 2.45) is 0 Å². The highest BCUT2D eigenvalue weighted by Gasteiger charge is 2.03. The molecule has 0 aliphatic carbocycles. The molecule has 0 radical (unpaired) electrons. The van der Waals surface area contributed by atoms with Crippen LogP contribution in [0, 0.1) is 0 Å². The number of aryl methyl sites for hydroxylation is 1. The zero-order chi connectivity index (χ0) is 9.68. The Morgan fingerprint density at radius 1 is 1.62 bits per heavy atom. The maximum absolute atomic E-state index is 11.8. The van der Waals surface area contributed by atoms with E-state index in [1.807, 2.05) is 13.0 Å². The van der Waals surface area contributed by atoms with Crippen LogP contribution < -0.4 is 5.32 Å². The van der Waals surface area contributed by atoms with Crippen molar-refractivity contribution in [2.75, 3.05) is 6.54 Å². The molecule has 0 unspecified atom stereocenters. The summed E-state index contributed by atoms with van der Waals surface area (Å²) in [6, 6.07) is 1.82. The molecule has 0 saturated heterocycles. The molecule has 0 atom stereocenters. The van der Waals surface area contributed by atoms with E-state index in [0.717, 1.165) is 12.2 Å². The fraction of sp³-hybridized carbons (Fsp3) is 0.625. The summed E-state index contributed by atoms with van der Waals surface area (Å²) in [5, 5.41) is 6.67. The summed E-state index contributed by atoms with van der Waals surface area (Å²) in [5.41, 5.74) is 0.933. The number of halogens is 2. The maximum Gasteiger partial charge on any atom is 0.250 e. The minimum absolute atomic E-state index is 0.269. The second kappa shape index (κ2) is 4.91. The summed E-state index contributed by atoms with van der Waals surface area (Å²) < 4.78 is 25.3. The third-order valence-corrected chi connectivity index (χ3v) is 1.71. The van der Waals surface area contributed by atoms with Gasteiger partial charge in [-0.3, -0.25) is 4.68 Å². The van der Waals surface area contributed by atoms with Gasteiger partial charge < -0.3 is 5.32 Å². The average molecular weight is 189 g/mol. The maximum atomic E-state index is 11.8. The van der Waals surface area contributed by atoms with Crippen molar-refractivity contribution in [1.82, 2.24) is 15.1 Å². The fourth-order valence-corrected chi connectivity index (χ4v) is 1.10. The van der Waals surface area contributed by atoms with E-state index in [-0.39, 0.29) is 6.54 Å². The number of nitrogens with one attached hydrogen (secondary N) is 1. The summed E-state index contributed by atoms with van der Waals surface area (Å²) in [5.74, 6) is 0. The molecule has 0 aliphatic heterocycles. The molecule has 5 heteroatoms. The first kappa shape index (κ1) is 10.1. The van der Waals surface area contributed by atoms with Crippen molar-refractivity contribution >= 4 is 0 Å². The van der Waals surface area contributed by atoms with E-state index in [4.69, 9.17) is 0 Å². The summed E-state index contributed by atoms with van der Waals surface area (Å²) in [7, 11) is 0. The van der Waals surface area contributed by atoms with Crippen LogP contribution in [0.3, 0.4) is 0 Å². The minimum atomic E-state index is -2.29. The Morgan fingerprint density at radius 3 is 3.00 bits per heavy atom. The van der Waals surface area contributed by atoms with Crippen LogP contribution in [0.15, 0.2) is 12.3 Å². The van der Waals surface area contributed by atoms with Crippen molar-refractivity contribution < 1.29 is 8.78 Å². The summed E-state index contributed by atoms with van der Waals surface area (Å²) in [6.07, 6.45) is -0.624. The minimum Gasteiger partial charge on any atom is -0.306 e. The summed E-state index contributed by atoms with van der Waals surface area (Å²) in [4.78, 5) is 0. The lowest BCUT2D eigenvalue weighted by atomic mass is 10.4. The highest BCUT2D eigenvalue weighted by Crippen LogP contribution is 1.98. The van der Waals surface area contributed by atoms with Crippen LogP contribution in [0.1, 0.15) is 12.6 Å². The molecule has 0 spiro atoms. The smallest absolute Gasteiger partial charge is 0.250 e. The first-order chi connectivity index (χ1) is 6.24. The Labute approximate surface area is 75.7 Å². The van der Waals surface area contributed by atoms with Crippen LogP contribution in [0.5, 0.6) is 0 Å². The standard InChI is InChI=1S/C8H13F2N3/c1-2-13-7(3-4-12-13)5-11-6-8(9)10/h3-4,8,11H,2,5-6H2,1H3. The van der Waals surface area contributed by atoms with Gasteiger partial charge in [-0.2, -0.15) is 5.10 Å². The van der Waals surface area contributed by atoms with Crippen LogP contribution in [-0.4, -0.2) is 22.8 Å². The van der Waals surface area contributed by atoms with Crippen molar-refractivity contribution in [2.45, 2.75) is 26.4 Å². The zero-order valence-electron chi connectivity index (χ0n) is 7.50. The molecule has 13 heavy (non-hydrogen) atoms. The van der Waals surface area contributed by atoms with Gasteiger partial charge in [0.05, 0.1) is 12.2 Å². The summed E-state index contributed by atoms with van der Waals surface area (Å²) >= 11 is 0. The molecule has 1 aromatic heterocycles. The molecule has 0 aromatic carbocycles. The van der Waals surface area contributed by atoms with Gasteiger partial charge in [-0.05, 0) is 13.0 Å². The largest absolute Gasteiger partial charge is 0.306 e. The molecule has 1 rings (SSSR count). The number of rotatable bonds is 5. The van der Waals surface area contributed by atoms with E-state index in [0.29, 0.717) is 6.54 Å². The lowest BCUT2D eigenvalue weighted by molar-refractivity contribution is 0.145. The summed E-state index contributed by atoms with van der Waals surface area (Å²) in [6.45, 7) is 2.90. The van der Waals surface area contributed by atoms with E-state index >= 15 is 0 Å². The van der Waals surface area contributed by atoms with Gasteiger partial charge in [0.15, 0.2) is 0 Å². The van der Waals surface area contributed by atoms with Gasteiger partial charge in [0.25, 0.3) is 6.43 Å². The Bertz CT molecular complexity index is 247. The highest BCUT2D eigenvalue weighted by atomic mass is 19.3. The van der Waals surface area contributed by atoms with E-state index in [1.54, 1.807) is 10.9 Å². The van der Waals surface area contributed by atoms with Gasteiger partial charge in [-0.25, -0.2) is 8.78 Å². The van der Waals surface area contributed by atoms with Gasteiger partial charge in [0.2, 0.25) is 0 Å². The van der Waals surface area contributed by atoms with Gasteiger partial charge in [-0.15, -0.1) is 0 Å².